The second-order valence-corrected chi connectivity index (χ2v) is 17.6. The van der Waals surface area contributed by atoms with Gasteiger partial charge in [-0.2, -0.15) is 0 Å². The van der Waals surface area contributed by atoms with Crippen molar-refractivity contribution in [2.45, 2.75) is 15.2 Å². The highest BCUT2D eigenvalue weighted by atomic mass is 32.2. The Bertz CT molecular complexity index is 3610. The van der Waals surface area contributed by atoms with E-state index in [0.717, 1.165) is 55.4 Å². The largest absolute Gasteiger partial charge is 0.247 e. The average molecular weight is 833 g/mol. The number of fused-ring (bicyclic) bond motifs is 13. The zero-order valence-corrected chi connectivity index (χ0v) is 35.3. The van der Waals surface area contributed by atoms with Crippen LogP contribution < -0.4 is 0 Å². The first kappa shape index (κ1) is 36.6. The van der Waals surface area contributed by atoms with Gasteiger partial charge >= 0.3 is 0 Å². The maximum absolute atomic E-state index is 5.48. The summed E-state index contributed by atoms with van der Waals surface area (Å²) < 4.78 is 0. The van der Waals surface area contributed by atoms with Gasteiger partial charge in [-0.25, -0.2) is 19.9 Å². The van der Waals surface area contributed by atoms with E-state index in [2.05, 4.69) is 194 Å². The van der Waals surface area contributed by atoms with Crippen LogP contribution in [0.4, 0.5) is 0 Å². The second kappa shape index (κ2) is 14.6. The minimum absolute atomic E-state index is 0.476. The van der Waals surface area contributed by atoms with Crippen molar-refractivity contribution in [3.63, 3.8) is 0 Å². The van der Waals surface area contributed by atoms with Crippen LogP contribution in [0.5, 0.6) is 0 Å². The van der Waals surface area contributed by atoms with Crippen molar-refractivity contribution in [2.24, 2.45) is 0 Å². The molecule has 0 bridgehead atoms. The molecule has 0 atom stereocenters. The average Bonchev–Trinajstić information content (AvgIpc) is 3.67. The van der Waals surface area contributed by atoms with E-state index in [9.17, 15) is 0 Å². The van der Waals surface area contributed by atoms with Crippen molar-refractivity contribution in [1.82, 2.24) is 19.9 Å². The third kappa shape index (κ3) is 5.57. The molecule has 1 spiro atoms. The van der Waals surface area contributed by atoms with Crippen LogP contribution in [-0.4, -0.2) is 19.9 Å². The summed E-state index contributed by atoms with van der Waals surface area (Å²) >= 11 is 1.87. The molecule has 0 unspecified atom stereocenters. The van der Waals surface area contributed by atoms with Gasteiger partial charge in [0.1, 0.15) is 0 Å². The lowest BCUT2D eigenvalue weighted by atomic mass is 9.67. The third-order valence-corrected chi connectivity index (χ3v) is 14.1. The fraction of sp³-hybridized carbons (Fsp3) is 0.0169. The monoisotopic (exact) mass is 832 g/mol. The molecular formula is C59H36N4S. The first-order chi connectivity index (χ1) is 31.7. The van der Waals surface area contributed by atoms with Crippen LogP contribution in [-0.2, 0) is 5.41 Å². The molecule has 0 N–H and O–H groups in total. The normalized spacial score (nSPS) is 13.1. The number of hydrogen-bond donors (Lipinski definition) is 0. The Morgan fingerprint density at radius 2 is 0.844 bits per heavy atom. The summed E-state index contributed by atoms with van der Waals surface area (Å²) in [4.78, 5) is 23.5. The molecule has 4 nitrogen and oxygen atoms in total. The van der Waals surface area contributed by atoms with E-state index in [1.54, 1.807) is 0 Å². The van der Waals surface area contributed by atoms with Gasteiger partial charge in [0.2, 0.25) is 0 Å². The number of hydrogen-bond acceptors (Lipinski definition) is 5. The minimum Gasteiger partial charge on any atom is -0.247 e. The van der Waals surface area contributed by atoms with Crippen molar-refractivity contribution in [2.75, 3.05) is 0 Å². The molecule has 64 heavy (non-hydrogen) atoms. The SMILES string of the molecule is c1ccc(-c2cccc(-c3nc(-c4ccccc4)nc(-c4cccc(-c5nc6ccccc6c6c7c(ccc56)C5(c6ccccc6Sc6ccccc65)c5ccccc5-7)c4)n3)c2)cc1. The Balaban J connectivity index is 1.03. The van der Waals surface area contributed by atoms with Crippen LogP contribution in [0.15, 0.2) is 228 Å². The summed E-state index contributed by atoms with van der Waals surface area (Å²) in [6, 6.07) is 77.9. The summed E-state index contributed by atoms with van der Waals surface area (Å²) in [6.45, 7) is 0. The molecule has 11 aromatic rings. The standard InChI is InChI=1S/C59H36N4S/c1-3-17-37(18-4-1)39-21-15-23-41(35-39)57-61-56(38-19-5-2-6-20-38)62-58(63-57)42-24-16-22-40(36-42)55-45-33-34-49-54(53(45)44-26-8-12-30-50(44)60-55)43-25-7-9-27-46(43)59(49)47-28-10-13-31-51(47)64-52-32-14-11-29-48(52)59/h1-36H. The molecule has 2 aromatic heterocycles. The zero-order valence-electron chi connectivity index (χ0n) is 34.5. The summed E-state index contributed by atoms with van der Waals surface area (Å²) in [5.74, 6) is 1.84. The molecule has 1 aliphatic heterocycles. The predicted octanol–water partition coefficient (Wildman–Crippen LogP) is 14.7. The van der Waals surface area contributed by atoms with E-state index >= 15 is 0 Å². The molecule has 1 aliphatic carbocycles. The summed E-state index contributed by atoms with van der Waals surface area (Å²) in [5, 5.41) is 3.46. The van der Waals surface area contributed by atoms with Crippen LogP contribution in [0.3, 0.4) is 0 Å². The lowest BCUT2D eigenvalue weighted by Gasteiger charge is -2.39. The van der Waals surface area contributed by atoms with E-state index < -0.39 is 5.41 Å². The van der Waals surface area contributed by atoms with Gasteiger partial charge in [0.25, 0.3) is 0 Å². The van der Waals surface area contributed by atoms with Gasteiger partial charge < -0.3 is 0 Å². The van der Waals surface area contributed by atoms with Gasteiger partial charge in [0, 0.05) is 48.2 Å². The Hall–Kier alpha value is -7.99. The predicted molar refractivity (Wildman–Crippen MR) is 261 cm³/mol. The van der Waals surface area contributed by atoms with Gasteiger partial charge in [-0.05, 0) is 74.8 Å². The lowest BCUT2D eigenvalue weighted by molar-refractivity contribution is 0.723. The van der Waals surface area contributed by atoms with Gasteiger partial charge in [-0.15, -0.1) is 0 Å². The van der Waals surface area contributed by atoms with Crippen LogP contribution in [0.25, 0.3) is 89.4 Å². The number of para-hydroxylation sites is 1. The van der Waals surface area contributed by atoms with Crippen molar-refractivity contribution >= 4 is 33.4 Å². The fourth-order valence-electron chi connectivity index (χ4n) is 10.2. The van der Waals surface area contributed by atoms with Gasteiger partial charge in [-0.1, -0.05) is 200 Å². The Morgan fingerprint density at radius 1 is 0.328 bits per heavy atom. The molecule has 5 heteroatoms. The Morgan fingerprint density at radius 3 is 1.55 bits per heavy atom. The molecule has 298 valence electrons. The van der Waals surface area contributed by atoms with Gasteiger partial charge in [-0.3, -0.25) is 0 Å². The smallest absolute Gasteiger partial charge is 0.164 e. The van der Waals surface area contributed by atoms with E-state index in [1.807, 2.05) is 36.0 Å². The molecule has 2 aliphatic rings. The van der Waals surface area contributed by atoms with E-state index in [-0.39, 0.29) is 0 Å². The van der Waals surface area contributed by atoms with Crippen molar-refractivity contribution < 1.29 is 0 Å². The molecule has 0 fully saturated rings. The van der Waals surface area contributed by atoms with Crippen LogP contribution in [0, 0.1) is 0 Å². The molecule has 13 rings (SSSR count). The molecule has 9 aromatic carbocycles. The number of rotatable bonds is 5. The van der Waals surface area contributed by atoms with Crippen LogP contribution >= 0.6 is 11.8 Å². The number of benzene rings is 9. The Kier molecular flexibility index (Phi) is 8.33. The number of aromatic nitrogens is 4. The number of pyridine rings is 1. The molecule has 0 saturated carbocycles. The van der Waals surface area contributed by atoms with E-state index in [4.69, 9.17) is 19.9 Å². The zero-order chi connectivity index (χ0) is 42.2. The molecule has 0 saturated heterocycles. The van der Waals surface area contributed by atoms with Crippen molar-refractivity contribution in [3.8, 4) is 67.7 Å². The minimum atomic E-state index is -0.476. The van der Waals surface area contributed by atoms with E-state index in [0.29, 0.717) is 17.5 Å². The lowest BCUT2D eigenvalue weighted by Crippen LogP contribution is -2.31. The van der Waals surface area contributed by atoms with Crippen molar-refractivity contribution in [3.05, 3.63) is 241 Å². The van der Waals surface area contributed by atoms with Crippen molar-refractivity contribution in [1.29, 1.82) is 0 Å². The van der Waals surface area contributed by atoms with Crippen LogP contribution in [0.2, 0.25) is 0 Å². The number of nitrogens with zero attached hydrogens (tertiary/aromatic N) is 4. The molecule has 3 heterocycles. The maximum Gasteiger partial charge on any atom is 0.164 e. The first-order valence-corrected chi connectivity index (χ1v) is 22.4. The first-order valence-electron chi connectivity index (χ1n) is 21.6. The fourth-order valence-corrected chi connectivity index (χ4v) is 11.4. The summed E-state index contributed by atoms with van der Waals surface area (Å²) in [6.07, 6.45) is 0. The topological polar surface area (TPSA) is 51.6 Å². The summed E-state index contributed by atoms with van der Waals surface area (Å²) in [5.41, 5.74) is 15.2. The highest BCUT2D eigenvalue weighted by Gasteiger charge is 2.50. The highest BCUT2D eigenvalue weighted by Crippen LogP contribution is 2.63. The van der Waals surface area contributed by atoms with Crippen LogP contribution in [0.1, 0.15) is 22.3 Å². The van der Waals surface area contributed by atoms with Gasteiger partial charge in [0.05, 0.1) is 16.6 Å². The Labute approximate surface area is 375 Å². The maximum atomic E-state index is 5.48. The third-order valence-electron chi connectivity index (χ3n) is 13.0. The molecule has 0 amide bonds. The second-order valence-electron chi connectivity index (χ2n) is 16.5. The summed E-state index contributed by atoms with van der Waals surface area (Å²) in [7, 11) is 0. The van der Waals surface area contributed by atoms with Gasteiger partial charge in [0.15, 0.2) is 17.5 Å². The van der Waals surface area contributed by atoms with E-state index in [1.165, 1.54) is 48.6 Å². The quantitative estimate of drug-likeness (QED) is 0.162. The molecule has 0 radical (unpaired) electrons. The highest BCUT2D eigenvalue weighted by molar-refractivity contribution is 7.99. The molecular weight excluding hydrogens is 797 g/mol.